The van der Waals surface area contributed by atoms with Crippen molar-refractivity contribution in [2.75, 3.05) is 20.3 Å². The van der Waals surface area contributed by atoms with Gasteiger partial charge in [-0.05, 0) is 19.9 Å². The third-order valence-corrected chi connectivity index (χ3v) is 2.39. The number of nitrogens with zero attached hydrogens (tertiary/aromatic N) is 2. The summed E-state index contributed by atoms with van der Waals surface area (Å²) in [6, 6.07) is 1.48. The lowest BCUT2D eigenvalue weighted by Crippen LogP contribution is -2.39. The summed E-state index contributed by atoms with van der Waals surface area (Å²) in [5.41, 5.74) is 0.384. The van der Waals surface area contributed by atoms with Gasteiger partial charge in [0.25, 0.3) is 5.91 Å². The van der Waals surface area contributed by atoms with Crippen LogP contribution in [0.3, 0.4) is 0 Å². The zero-order chi connectivity index (χ0) is 12.8. The van der Waals surface area contributed by atoms with Gasteiger partial charge in [-0.15, -0.1) is 0 Å². The van der Waals surface area contributed by atoms with Crippen molar-refractivity contribution in [3.05, 3.63) is 24.0 Å². The maximum absolute atomic E-state index is 12.2. The van der Waals surface area contributed by atoms with Gasteiger partial charge in [-0.3, -0.25) is 9.78 Å². The van der Waals surface area contributed by atoms with E-state index < -0.39 is 0 Å². The Kier molecular flexibility index (Phi) is 4.90. The lowest BCUT2D eigenvalue weighted by atomic mass is 10.2. The van der Waals surface area contributed by atoms with Crippen LogP contribution >= 0.6 is 0 Å². The first kappa shape index (κ1) is 13.4. The molecule has 0 atom stereocenters. The molecule has 94 valence electrons. The van der Waals surface area contributed by atoms with Crippen LogP contribution in [0.1, 0.15) is 24.2 Å². The van der Waals surface area contributed by atoms with Crippen molar-refractivity contribution in [1.82, 2.24) is 9.88 Å². The van der Waals surface area contributed by atoms with Gasteiger partial charge in [0.2, 0.25) is 0 Å². The molecule has 1 amide bonds. The summed E-state index contributed by atoms with van der Waals surface area (Å²) in [5.74, 6) is -0.160. The number of ether oxygens (including phenoxy) is 1. The van der Waals surface area contributed by atoms with Gasteiger partial charge in [0.05, 0.1) is 18.4 Å². The Morgan fingerprint density at radius 1 is 1.53 bits per heavy atom. The summed E-state index contributed by atoms with van der Waals surface area (Å²) in [4.78, 5) is 17.6. The summed E-state index contributed by atoms with van der Waals surface area (Å²) in [6.45, 7) is 4.87. The zero-order valence-electron chi connectivity index (χ0n) is 10.4. The lowest BCUT2D eigenvalue weighted by molar-refractivity contribution is 0.0634. The largest absolute Gasteiger partial charge is 0.506 e. The van der Waals surface area contributed by atoms with E-state index in [1.807, 2.05) is 13.8 Å². The zero-order valence-corrected chi connectivity index (χ0v) is 10.4. The third-order valence-electron chi connectivity index (χ3n) is 2.39. The summed E-state index contributed by atoms with van der Waals surface area (Å²) in [7, 11) is 1.60. The SMILES string of the molecule is COCCN(C(=O)c1cncc(O)c1)C(C)C. The van der Waals surface area contributed by atoms with E-state index >= 15 is 0 Å². The molecule has 0 unspecified atom stereocenters. The molecule has 0 saturated heterocycles. The molecule has 0 fully saturated rings. The molecule has 0 bridgehead atoms. The Hall–Kier alpha value is -1.62. The first-order chi connectivity index (χ1) is 8.06. The van der Waals surface area contributed by atoms with E-state index in [1.165, 1.54) is 18.5 Å². The average Bonchev–Trinajstić information content (AvgIpc) is 2.29. The first-order valence-electron chi connectivity index (χ1n) is 5.50. The van der Waals surface area contributed by atoms with Crippen molar-refractivity contribution in [1.29, 1.82) is 0 Å². The molecule has 1 N–H and O–H groups in total. The second kappa shape index (κ2) is 6.20. The minimum atomic E-state index is -0.152. The van der Waals surface area contributed by atoms with Crippen LogP contribution in [0.2, 0.25) is 0 Å². The molecule has 0 spiro atoms. The van der Waals surface area contributed by atoms with Crippen molar-refractivity contribution < 1.29 is 14.6 Å². The number of hydrogen-bond acceptors (Lipinski definition) is 4. The molecule has 0 aliphatic heterocycles. The van der Waals surface area contributed by atoms with Gasteiger partial charge in [-0.1, -0.05) is 0 Å². The van der Waals surface area contributed by atoms with Gasteiger partial charge in [0.15, 0.2) is 0 Å². The molecule has 0 radical (unpaired) electrons. The molecule has 5 heteroatoms. The molecule has 0 saturated carbocycles. The summed E-state index contributed by atoms with van der Waals surface area (Å²) in [5, 5.41) is 9.30. The number of methoxy groups -OCH3 is 1. The Labute approximate surface area is 101 Å². The van der Waals surface area contributed by atoms with Crippen molar-refractivity contribution in [2.24, 2.45) is 0 Å². The summed E-state index contributed by atoms with van der Waals surface area (Å²) < 4.78 is 4.97. The van der Waals surface area contributed by atoms with Crippen molar-refractivity contribution in [2.45, 2.75) is 19.9 Å². The highest BCUT2D eigenvalue weighted by Crippen LogP contribution is 2.12. The van der Waals surface area contributed by atoms with E-state index in [1.54, 1.807) is 12.0 Å². The number of rotatable bonds is 5. The smallest absolute Gasteiger partial charge is 0.255 e. The standard InChI is InChI=1S/C12H18N2O3/c1-9(2)14(4-5-17-3)12(16)10-6-11(15)8-13-7-10/h6-9,15H,4-5H2,1-3H3. The highest BCUT2D eigenvalue weighted by molar-refractivity contribution is 5.94. The second-order valence-electron chi connectivity index (χ2n) is 4.02. The predicted octanol–water partition coefficient (Wildman–Crippen LogP) is 1.28. The number of pyridine rings is 1. The predicted molar refractivity (Wildman–Crippen MR) is 64.0 cm³/mol. The van der Waals surface area contributed by atoms with E-state index in [0.717, 1.165) is 0 Å². The molecular formula is C12H18N2O3. The fourth-order valence-electron chi connectivity index (χ4n) is 1.49. The van der Waals surface area contributed by atoms with Crippen LogP contribution in [0, 0.1) is 0 Å². The Bertz CT molecular complexity index is 380. The number of amides is 1. The van der Waals surface area contributed by atoms with Crippen LogP contribution < -0.4 is 0 Å². The Balaban J connectivity index is 2.84. The average molecular weight is 238 g/mol. The van der Waals surface area contributed by atoms with Crippen molar-refractivity contribution in [3.63, 3.8) is 0 Å². The molecule has 1 rings (SSSR count). The normalized spacial score (nSPS) is 10.6. The molecule has 1 heterocycles. The van der Waals surface area contributed by atoms with Crippen molar-refractivity contribution >= 4 is 5.91 Å². The second-order valence-corrected chi connectivity index (χ2v) is 4.02. The van der Waals surface area contributed by atoms with E-state index in [9.17, 15) is 9.90 Å². The van der Waals surface area contributed by atoms with E-state index in [2.05, 4.69) is 4.98 Å². The van der Waals surface area contributed by atoms with Crippen LogP contribution in [0.4, 0.5) is 0 Å². The van der Waals surface area contributed by atoms with Crippen LogP contribution in [0.25, 0.3) is 0 Å². The number of aromatic hydroxyl groups is 1. The van der Waals surface area contributed by atoms with Gasteiger partial charge in [-0.25, -0.2) is 0 Å². The van der Waals surface area contributed by atoms with Gasteiger partial charge >= 0.3 is 0 Å². The molecule has 1 aromatic heterocycles. The number of hydrogen-bond donors (Lipinski definition) is 1. The monoisotopic (exact) mass is 238 g/mol. The molecule has 1 aromatic rings. The topological polar surface area (TPSA) is 62.7 Å². The summed E-state index contributed by atoms with van der Waals surface area (Å²) >= 11 is 0. The van der Waals surface area contributed by atoms with Gasteiger partial charge in [-0.2, -0.15) is 0 Å². The lowest BCUT2D eigenvalue weighted by Gasteiger charge is -2.26. The number of carbonyl (C=O) groups excluding carboxylic acids is 1. The molecule has 0 aliphatic rings. The number of carbonyl (C=O) groups is 1. The van der Waals surface area contributed by atoms with Gasteiger partial charge in [0, 0.05) is 25.9 Å². The fourth-order valence-corrected chi connectivity index (χ4v) is 1.49. The molecule has 5 nitrogen and oxygen atoms in total. The first-order valence-corrected chi connectivity index (χ1v) is 5.50. The molecule has 0 aromatic carbocycles. The molecular weight excluding hydrogens is 220 g/mol. The van der Waals surface area contributed by atoms with Crippen molar-refractivity contribution in [3.8, 4) is 5.75 Å². The van der Waals surface area contributed by atoms with Crippen LogP contribution in [0.5, 0.6) is 5.75 Å². The third kappa shape index (κ3) is 3.71. The molecule has 17 heavy (non-hydrogen) atoms. The maximum Gasteiger partial charge on any atom is 0.255 e. The highest BCUT2D eigenvalue weighted by atomic mass is 16.5. The minimum absolute atomic E-state index is 0.00806. The molecule has 0 aliphatic carbocycles. The fraction of sp³-hybridized carbons (Fsp3) is 0.500. The minimum Gasteiger partial charge on any atom is -0.506 e. The van der Waals surface area contributed by atoms with Crippen LogP contribution in [-0.4, -0.2) is 47.2 Å². The van der Waals surface area contributed by atoms with E-state index in [4.69, 9.17) is 4.74 Å². The van der Waals surface area contributed by atoms with E-state index in [0.29, 0.717) is 18.7 Å². The maximum atomic E-state index is 12.2. The van der Waals surface area contributed by atoms with E-state index in [-0.39, 0.29) is 17.7 Å². The Morgan fingerprint density at radius 3 is 2.76 bits per heavy atom. The summed E-state index contributed by atoms with van der Waals surface area (Å²) in [6.07, 6.45) is 2.75. The van der Waals surface area contributed by atoms with Gasteiger partial charge in [0.1, 0.15) is 5.75 Å². The van der Waals surface area contributed by atoms with Crippen LogP contribution in [0.15, 0.2) is 18.5 Å². The quantitative estimate of drug-likeness (QED) is 0.839. The van der Waals surface area contributed by atoms with Gasteiger partial charge < -0.3 is 14.7 Å². The van der Waals surface area contributed by atoms with Crippen LogP contribution in [-0.2, 0) is 4.74 Å². The highest BCUT2D eigenvalue weighted by Gasteiger charge is 2.18. The number of aromatic nitrogens is 1. The Morgan fingerprint density at radius 2 is 2.24 bits per heavy atom.